The lowest BCUT2D eigenvalue weighted by Gasteiger charge is -2.39. The maximum absolute atomic E-state index is 6.38. The summed E-state index contributed by atoms with van der Waals surface area (Å²) in [4.78, 5) is 0. The van der Waals surface area contributed by atoms with Crippen LogP contribution in [0.1, 0.15) is 51.6 Å². The van der Waals surface area contributed by atoms with Crippen LogP contribution in [0.5, 0.6) is 0 Å². The van der Waals surface area contributed by atoms with Crippen molar-refractivity contribution in [3.63, 3.8) is 0 Å². The molecule has 19 heavy (non-hydrogen) atoms. The van der Waals surface area contributed by atoms with E-state index in [9.17, 15) is 0 Å². The second-order valence-corrected chi connectivity index (χ2v) is 5.29. The van der Waals surface area contributed by atoms with Crippen LogP contribution in [-0.2, 0) is 4.74 Å². The highest BCUT2D eigenvalue weighted by molar-refractivity contribution is 6.31. The van der Waals surface area contributed by atoms with Crippen LogP contribution < -0.4 is 5.32 Å². The average molecular weight is 284 g/mol. The van der Waals surface area contributed by atoms with E-state index < -0.39 is 0 Å². The summed E-state index contributed by atoms with van der Waals surface area (Å²) >= 11 is 6.38. The van der Waals surface area contributed by atoms with Crippen molar-refractivity contribution in [2.75, 3.05) is 13.7 Å². The monoisotopic (exact) mass is 283 g/mol. The van der Waals surface area contributed by atoms with Crippen molar-refractivity contribution in [1.82, 2.24) is 5.32 Å². The minimum absolute atomic E-state index is 0.126. The van der Waals surface area contributed by atoms with Crippen LogP contribution in [0.3, 0.4) is 0 Å². The molecule has 0 amide bonds. The SMILES string of the molecule is CCCNC(c1ccccc1Cl)C(CC)(CC)OC. The highest BCUT2D eigenvalue weighted by Gasteiger charge is 2.37. The zero-order valence-corrected chi connectivity index (χ0v) is 13.3. The summed E-state index contributed by atoms with van der Waals surface area (Å²) in [7, 11) is 1.80. The quantitative estimate of drug-likeness (QED) is 0.754. The summed E-state index contributed by atoms with van der Waals surface area (Å²) in [5, 5.41) is 4.42. The lowest BCUT2D eigenvalue weighted by Crippen LogP contribution is -2.45. The molecule has 1 atom stereocenters. The van der Waals surface area contributed by atoms with E-state index in [1.54, 1.807) is 7.11 Å². The minimum atomic E-state index is -0.208. The van der Waals surface area contributed by atoms with Gasteiger partial charge in [0, 0.05) is 12.1 Å². The average Bonchev–Trinajstić information content (AvgIpc) is 2.45. The van der Waals surface area contributed by atoms with Crippen molar-refractivity contribution in [3.05, 3.63) is 34.9 Å². The number of nitrogens with one attached hydrogen (secondary N) is 1. The molecule has 1 aromatic rings. The van der Waals surface area contributed by atoms with Gasteiger partial charge in [0.1, 0.15) is 0 Å². The molecule has 0 radical (unpaired) electrons. The third kappa shape index (κ3) is 3.71. The van der Waals surface area contributed by atoms with Crippen LogP contribution in [0.4, 0.5) is 0 Å². The van der Waals surface area contributed by atoms with Gasteiger partial charge >= 0.3 is 0 Å². The number of hydrogen-bond acceptors (Lipinski definition) is 2. The molecule has 0 aliphatic rings. The Balaban J connectivity index is 3.17. The molecule has 0 spiro atoms. The van der Waals surface area contributed by atoms with Crippen molar-refractivity contribution in [2.45, 2.75) is 51.7 Å². The number of halogens is 1. The maximum atomic E-state index is 6.38. The van der Waals surface area contributed by atoms with Gasteiger partial charge < -0.3 is 10.1 Å². The predicted molar refractivity (Wildman–Crippen MR) is 82.8 cm³/mol. The molecule has 0 aliphatic heterocycles. The smallest absolute Gasteiger partial charge is 0.0867 e. The highest BCUT2D eigenvalue weighted by atomic mass is 35.5. The summed E-state index contributed by atoms with van der Waals surface area (Å²) in [6.07, 6.45) is 2.99. The molecule has 108 valence electrons. The van der Waals surface area contributed by atoms with Gasteiger partial charge in [0.2, 0.25) is 0 Å². The molecular weight excluding hydrogens is 258 g/mol. The van der Waals surface area contributed by atoms with Gasteiger partial charge in [0.25, 0.3) is 0 Å². The van der Waals surface area contributed by atoms with Crippen LogP contribution in [0.15, 0.2) is 24.3 Å². The Morgan fingerprint density at radius 1 is 1.21 bits per heavy atom. The molecular formula is C16H26ClNO. The van der Waals surface area contributed by atoms with Crippen molar-refractivity contribution in [2.24, 2.45) is 0 Å². The molecule has 2 nitrogen and oxygen atoms in total. The number of hydrogen-bond donors (Lipinski definition) is 1. The number of methoxy groups -OCH3 is 1. The first kappa shape index (κ1) is 16.5. The zero-order valence-electron chi connectivity index (χ0n) is 12.5. The third-order valence-corrected chi connectivity index (χ3v) is 4.29. The highest BCUT2D eigenvalue weighted by Crippen LogP contribution is 2.37. The van der Waals surface area contributed by atoms with Crippen molar-refractivity contribution < 1.29 is 4.74 Å². The molecule has 0 aliphatic carbocycles. The van der Waals surface area contributed by atoms with Crippen molar-refractivity contribution in [3.8, 4) is 0 Å². The Morgan fingerprint density at radius 3 is 2.32 bits per heavy atom. The zero-order chi connectivity index (χ0) is 14.3. The van der Waals surface area contributed by atoms with E-state index in [2.05, 4.69) is 32.2 Å². The first-order chi connectivity index (χ1) is 9.15. The minimum Gasteiger partial charge on any atom is -0.376 e. The molecule has 3 heteroatoms. The fourth-order valence-electron chi connectivity index (χ4n) is 2.64. The standard InChI is InChI=1S/C16H26ClNO/c1-5-12-18-15(16(6-2,7-3)19-4)13-10-8-9-11-14(13)17/h8-11,15,18H,5-7,12H2,1-4H3. The first-order valence-corrected chi connectivity index (χ1v) is 7.55. The molecule has 0 bridgehead atoms. The van der Waals surface area contributed by atoms with E-state index in [1.807, 2.05) is 18.2 Å². The predicted octanol–water partition coefficient (Wildman–Crippen LogP) is 4.59. The van der Waals surface area contributed by atoms with E-state index in [4.69, 9.17) is 16.3 Å². The maximum Gasteiger partial charge on any atom is 0.0867 e. The van der Waals surface area contributed by atoms with E-state index in [0.717, 1.165) is 36.4 Å². The summed E-state index contributed by atoms with van der Waals surface area (Å²) in [6, 6.07) is 8.17. The van der Waals surface area contributed by atoms with Gasteiger partial charge in [-0.3, -0.25) is 0 Å². The second kappa shape index (κ2) is 7.88. The van der Waals surface area contributed by atoms with Crippen molar-refractivity contribution in [1.29, 1.82) is 0 Å². The molecule has 1 unspecified atom stereocenters. The topological polar surface area (TPSA) is 21.3 Å². The Hall–Kier alpha value is -0.570. The van der Waals surface area contributed by atoms with Crippen LogP contribution in [0.25, 0.3) is 0 Å². The molecule has 0 saturated heterocycles. The van der Waals surface area contributed by atoms with Crippen LogP contribution >= 0.6 is 11.6 Å². The fourth-order valence-corrected chi connectivity index (χ4v) is 2.89. The number of ether oxygens (including phenoxy) is 1. The van der Waals surface area contributed by atoms with Crippen LogP contribution in [-0.4, -0.2) is 19.3 Å². The molecule has 0 saturated carbocycles. The molecule has 0 heterocycles. The van der Waals surface area contributed by atoms with Gasteiger partial charge in [0.15, 0.2) is 0 Å². The number of benzene rings is 1. The second-order valence-electron chi connectivity index (χ2n) is 4.88. The normalized spacial score (nSPS) is 13.5. The van der Waals surface area contributed by atoms with E-state index >= 15 is 0 Å². The summed E-state index contributed by atoms with van der Waals surface area (Å²) in [5.41, 5.74) is 0.920. The molecule has 1 rings (SSSR count). The molecule has 1 aromatic carbocycles. The summed E-state index contributed by atoms with van der Waals surface area (Å²) in [6.45, 7) is 7.47. The lowest BCUT2D eigenvalue weighted by atomic mass is 9.83. The molecule has 0 fully saturated rings. The van der Waals surface area contributed by atoms with Gasteiger partial charge in [-0.2, -0.15) is 0 Å². The lowest BCUT2D eigenvalue weighted by molar-refractivity contribution is -0.0485. The largest absolute Gasteiger partial charge is 0.376 e. The van der Waals surface area contributed by atoms with Gasteiger partial charge in [0.05, 0.1) is 11.6 Å². The van der Waals surface area contributed by atoms with Crippen molar-refractivity contribution >= 4 is 11.6 Å². The Labute approximate surface area is 122 Å². The molecule has 0 aromatic heterocycles. The summed E-state index contributed by atoms with van der Waals surface area (Å²) in [5.74, 6) is 0. The fraction of sp³-hybridized carbons (Fsp3) is 0.625. The first-order valence-electron chi connectivity index (χ1n) is 7.18. The van der Waals surface area contributed by atoms with Crippen LogP contribution in [0, 0.1) is 0 Å². The van der Waals surface area contributed by atoms with Gasteiger partial charge in [-0.05, 0) is 37.4 Å². The summed E-state index contributed by atoms with van der Waals surface area (Å²) < 4.78 is 5.88. The molecule has 1 N–H and O–H groups in total. The Kier molecular flexibility index (Phi) is 6.84. The van der Waals surface area contributed by atoms with Gasteiger partial charge in [-0.25, -0.2) is 0 Å². The Bertz CT molecular complexity index is 369. The van der Waals surface area contributed by atoms with E-state index in [0.29, 0.717) is 0 Å². The third-order valence-electron chi connectivity index (χ3n) is 3.94. The number of rotatable bonds is 8. The Morgan fingerprint density at radius 2 is 1.84 bits per heavy atom. The van der Waals surface area contributed by atoms with Gasteiger partial charge in [-0.1, -0.05) is 50.6 Å². The van der Waals surface area contributed by atoms with E-state index in [-0.39, 0.29) is 11.6 Å². The van der Waals surface area contributed by atoms with Gasteiger partial charge in [-0.15, -0.1) is 0 Å². The van der Waals surface area contributed by atoms with Crippen LogP contribution in [0.2, 0.25) is 5.02 Å². The van der Waals surface area contributed by atoms with E-state index in [1.165, 1.54) is 0 Å².